The van der Waals surface area contributed by atoms with E-state index < -0.39 is 0 Å². The van der Waals surface area contributed by atoms with Gasteiger partial charge in [0.25, 0.3) is 0 Å². The minimum atomic E-state index is 0. The molecule has 0 aliphatic carbocycles. The fourth-order valence-electron chi connectivity index (χ4n) is 2.61. The van der Waals surface area contributed by atoms with Gasteiger partial charge in [0.15, 0.2) is 0 Å². The van der Waals surface area contributed by atoms with Gasteiger partial charge in [-0.15, -0.1) is 24.8 Å². The van der Waals surface area contributed by atoms with Crippen molar-refractivity contribution in [1.82, 2.24) is 24.1 Å². The molecule has 3 aromatic rings. The molecule has 0 aliphatic heterocycles. The van der Waals surface area contributed by atoms with Crippen molar-refractivity contribution in [2.75, 3.05) is 5.73 Å². The molecule has 3 heterocycles. The van der Waals surface area contributed by atoms with E-state index in [4.69, 9.17) is 5.73 Å². The summed E-state index contributed by atoms with van der Waals surface area (Å²) in [5.41, 5.74) is 6.75. The Hall–Kier alpha value is -2.05. The zero-order valence-corrected chi connectivity index (χ0v) is 15.1. The Labute approximate surface area is 154 Å². The lowest BCUT2D eigenvalue weighted by atomic mass is 10.2. The molecule has 0 saturated heterocycles. The van der Waals surface area contributed by atoms with E-state index in [2.05, 4.69) is 31.0 Å². The molecular weight excluding hydrogens is 347 g/mol. The van der Waals surface area contributed by atoms with Crippen LogP contribution in [0.2, 0.25) is 0 Å². The van der Waals surface area contributed by atoms with Gasteiger partial charge < -0.3 is 14.9 Å². The highest BCUT2D eigenvalue weighted by atomic mass is 35.5. The van der Waals surface area contributed by atoms with E-state index in [9.17, 15) is 0 Å². The number of halogens is 2. The number of nitrogen functional groups attached to an aromatic ring is 1. The van der Waals surface area contributed by atoms with Crippen LogP contribution >= 0.6 is 24.8 Å². The lowest BCUT2D eigenvalue weighted by Gasteiger charge is -2.10. The summed E-state index contributed by atoms with van der Waals surface area (Å²) in [7, 11) is 0. The second-order valence-electron chi connectivity index (χ2n) is 5.16. The number of imidazole rings is 2. The Balaban J connectivity index is 0.00000144. The number of hydrogen-bond donors (Lipinski definition) is 1. The number of nitrogens with zero attached hydrogens (tertiary/aromatic N) is 5. The number of aromatic nitrogens is 5. The molecule has 6 nitrogen and oxygen atoms in total. The molecule has 0 radical (unpaired) electrons. The lowest BCUT2D eigenvalue weighted by Crippen LogP contribution is -2.07. The van der Waals surface area contributed by atoms with Crippen LogP contribution in [0.25, 0.3) is 11.4 Å². The molecule has 24 heavy (non-hydrogen) atoms. The molecule has 0 atom stereocenters. The molecule has 8 heteroatoms. The maximum atomic E-state index is 5.75. The molecule has 3 aromatic heterocycles. The maximum Gasteiger partial charge on any atom is 0.140 e. The molecule has 0 saturated carbocycles. The molecule has 0 fully saturated rings. The van der Waals surface area contributed by atoms with Gasteiger partial charge in [-0.3, -0.25) is 0 Å². The molecule has 2 N–H and O–H groups in total. The third-order valence-electron chi connectivity index (χ3n) is 3.67. The maximum absolute atomic E-state index is 5.75. The fraction of sp³-hybridized carbons (Fsp3) is 0.312. The van der Waals surface area contributed by atoms with E-state index in [1.807, 2.05) is 36.9 Å². The molecule has 0 aliphatic rings. The van der Waals surface area contributed by atoms with Crippen LogP contribution in [0, 0.1) is 0 Å². The average molecular weight is 369 g/mol. The highest BCUT2D eigenvalue weighted by Crippen LogP contribution is 2.18. The van der Waals surface area contributed by atoms with E-state index in [0.717, 1.165) is 43.1 Å². The number of aryl methyl sites for hydroxylation is 3. The van der Waals surface area contributed by atoms with Gasteiger partial charge in [-0.2, -0.15) is 0 Å². The standard InChI is InChI=1S/C16H20N6.2ClH/c1-2-15-19-6-10-21(15)8-3-9-22-11-7-20-16(22)13-4-5-18-14(17)12-13;;/h4-7,10-12H,2-3,8-9H2,1H3,(H2,17,18);2*1H. The van der Waals surface area contributed by atoms with Gasteiger partial charge in [0, 0.05) is 56.1 Å². The topological polar surface area (TPSA) is 74.5 Å². The van der Waals surface area contributed by atoms with Crippen LogP contribution in [0.4, 0.5) is 5.82 Å². The summed E-state index contributed by atoms with van der Waals surface area (Å²) in [6, 6.07) is 3.78. The minimum Gasteiger partial charge on any atom is -0.384 e. The van der Waals surface area contributed by atoms with Crippen molar-refractivity contribution in [3.05, 3.63) is 48.9 Å². The normalized spacial score (nSPS) is 10.0. The number of anilines is 1. The van der Waals surface area contributed by atoms with Crippen molar-refractivity contribution in [3.8, 4) is 11.4 Å². The Kier molecular flexibility index (Phi) is 7.74. The van der Waals surface area contributed by atoms with Gasteiger partial charge in [0.05, 0.1) is 0 Å². The number of hydrogen-bond acceptors (Lipinski definition) is 4. The first-order valence-corrected chi connectivity index (χ1v) is 7.51. The number of pyridine rings is 1. The predicted octanol–water partition coefficient (Wildman–Crippen LogP) is 3.22. The first-order valence-electron chi connectivity index (χ1n) is 7.51. The molecule has 130 valence electrons. The summed E-state index contributed by atoms with van der Waals surface area (Å²) in [6.45, 7) is 3.98. The van der Waals surface area contributed by atoms with E-state index in [-0.39, 0.29) is 24.8 Å². The molecule has 0 aromatic carbocycles. The summed E-state index contributed by atoms with van der Waals surface area (Å²) >= 11 is 0. The van der Waals surface area contributed by atoms with E-state index in [1.54, 1.807) is 6.20 Å². The highest BCUT2D eigenvalue weighted by molar-refractivity contribution is 5.85. The number of rotatable bonds is 6. The predicted molar refractivity (Wildman–Crippen MR) is 101 cm³/mol. The van der Waals surface area contributed by atoms with Crippen LogP contribution in [-0.4, -0.2) is 24.1 Å². The molecule has 0 amide bonds. The Morgan fingerprint density at radius 2 is 1.67 bits per heavy atom. The zero-order chi connectivity index (χ0) is 15.4. The van der Waals surface area contributed by atoms with Crippen molar-refractivity contribution in [3.63, 3.8) is 0 Å². The first-order chi connectivity index (χ1) is 10.8. The van der Waals surface area contributed by atoms with Crippen molar-refractivity contribution < 1.29 is 0 Å². The summed E-state index contributed by atoms with van der Waals surface area (Å²) in [6.07, 6.45) is 11.4. The molecule has 3 rings (SSSR count). The lowest BCUT2D eigenvalue weighted by molar-refractivity contribution is 0.552. The van der Waals surface area contributed by atoms with Crippen LogP contribution in [0.3, 0.4) is 0 Å². The van der Waals surface area contributed by atoms with Crippen molar-refractivity contribution in [1.29, 1.82) is 0 Å². The minimum absolute atomic E-state index is 0. The Morgan fingerprint density at radius 1 is 0.958 bits per heavy atom. The molecule has 0 bridgehead atoms. The summed E-state index contributed by atoms with van der Waals surface area (Å²) < 4.78 is 4.36. The molecular formula is C16H22Cl2N6. The monoisotopic (exact) mass is 368 g/mol. The summed E-state index contributed by atoms with van der Waals surface area (Å²) in [5, 5.41) is 0. The van der Waals surface area contributed by atoms with Crippen LogP contribution in [0.5, 0.6) is 0 Å². The van der Waals surface area contributed by atoms with E-state index in [0.29, 0.717) is 5.82 Å². The second kappa shape index (κ2) is 9.30. The van der Waals surface area contributed by atoms with Gasteiger partial charge in [0.2, 0.25) is 0 Å². The second-order valence-corrected chi connectivity index (χ2v) is 5.16. The SMILES string of the molecule is CCc1nccn1CCCn1ccnc1-c1ccnc(N)c1.Cl.Cl. The summed E-state index contributed by atoms with van der Waals surface area (Å²) in [4.78, 5) is 12.8. The third kappa shape index (κ3) is 4.49. The quantitative estimate of drug-likeness (QED) is 0.724. The van der Waals surface area contributed by atoms with Gasteiger partial charge in [-0.1, -0.05) is 6.92 Å². The van der Waals surface area contributed by atoms with Gasteiger partial charge in [0.1, 0.15) is 17.5 Å². The molecule has 0 spiro atoms. The zero-order valence-electron chi connectivity index (χ0n) is 13.5. The largest absolute Gasteiger partial charge is 0.384 e. The van der Waals surface area contributed by atoms with Crippen molar-refractivity contribution >= 4 is 30.6 Å². The van der Waals surface area contributed by atoms with Crippen molar-refractivity contribution in [2.24, 2.45) is 0 Å². The fourth-order valence-corrected chi connectivity index (χ4v) is 2.61. The Bertz CT molecular complexity index is 752. The van der Waals surface area contributed by atoms with Gasteiger partial charge in [-0.25, -0.2) is 15.0 Å². The van der Waals surface area contributed by atoms with Crippen LogP contribution in [-0.2, 0) is 19.5 Å². The average Bonchev–Trinajstić information content (AvgIpc) is 3.16. The first kappa shape index (κ1) is 20.0. The smallest absolute Gasteiger partial charge is 0.140 e. The molecule has 0 unspecified atom stereocenters. The number of nitrogens with two attached hydrogens (primary N) is 1. The van der Waals surface area contributed by atoms with Crippen LogP contribution < -0.4 is 5.73 Å². The van der Waals surface area contributed by atoms with Gasteiger partial charge in [-0.05, 0) is 18.6 Å². The van der Waals surface area contributed by atoms with Crippen LogP contribution in [0.1, 0.15) is 19.2 Å². The van der Waals surface area contributed by atoms with Crippen molar-refractivity contribution in [2.45, 2.75) is 32.9 Å². The third-order valence-corrected chi connectivity index (χ3v) is 3.67. The summed E-state index contributed by atoms with van der Waals surface area (Å²) in [5.74, 6) is 2.57. The van der Waals surface area contributed by atoms with Gasteiger partial charge >= 0.3 is 0 Å². The highest BCUT2D eigenvalue weighted by Gasteiger charge is 2.07. The van der Waals surface area contributed by atoms with Crippen LogP contribution in [0.15, 0.2) is 43.1 Å². The Morgan fingerprint density at radius 3 is 2.42 bits per heavy atom. The van der Waals surface area contributed by atoms with E-state index in [1.165, 1.54) is 0 Å². The van der Waals surface area contributed by atoms with E-state index >= 15 is 0 Å².